The number of aliphatic hydroxyl groups is 5. The van der Waals surface area contributed by atoms with Crippen LogP contribution in [0.15, 0.2) is 48.6 Å². The fraction of sp³-hybridized carbons (Fsp3) is 0.872. The van der Waals surface area contributed by atoms with E-state index in [1.54, 1.807) is 6.08 Å². The van der Waals surface area contributed by atoms with E-state index in [4.69, 9.17) is 14.2 Å². The maximum atomic E-state index is 13.1. The van der Waals surface area contributed by atoms with E-state index < -0.39 is 49.5 Å². The number of rotatable bonds is 68. The SMILES string of the molecule is CCCC/C=C\CCCCCCCC(=O)OCCCCCCCCCCCCCCC/C=C\C/C=C\CCCCCCCCCCCCCCCCCCCC(=O)NC(COC1OC(CO)C(O)C(O)C1O)C(O)/C=C/CCCCCCCCCCCCC. The molecule has 1 aliphatic heterocycles. The van der Waals surface area contributed by atoms with Crippen LogP contribution in [0.2, 0.25) is 0 Å². The number of carbonyl (C=O) groups excluding carboxylic acids is 2. The largest absolute Gasteiger partial charge is 0.466 e. The van der Waals surface area contributed by atoms with Crippen molar-refractivity contribution in [1.29, 1.82) is 0 Å². The third-order valence-corrected chi connectivity index (χ3v) is 18.2. The number of hydrogen-bond donors (Lipinski definition) is 6. The van der Waals surface area contributed by atoms with Crippen LogP contribution in [0.3, 0.4) is 0 Å². The van der Waals surface area contributed by atoms with Gasteiger partial charge in [-0.25, -0.2) is 0 Å². The Balaban J connectivity index is 1.93. The molecular weight excluding hydrogens is 1110 g/mol. The summed E-state index contributed by atoms with van der Waals surface area (Å²) >= 11 is 0. The summed E-state index contributed by atoms with van der Waals surface area (Å²) < 4.78 is 16.7. The first kappa shape index (κ1) is 84.6. The van der Waals surface area contributed by atoms with Gasteiger partial charge in [0.2, 0.25) is 5.91 Å². The van der Waals surface area contributed by atoms with Crippen molar-refractivity contribution in [1.82, 2.24) is 5.32 Å². The molecule has 6 N–H and O–H groups in total. The van der Waals surface area contributed by atoms with E-state index in [0.29, 0.717) is 19.4 Å². The van der Waals surface area contributed by atoms with E-state index in [2.05, 4.69) is 55.6 Å². The number of ether oxygens (including phenoxy) is 3. The molecule has 0 aliphatic carbocycles. The highest BCUT2D eigenvalue weighted by molar-refractivity contribution is 5.76. The van der Waals surface area contributed by atoms with E-state index in [-0.39, 0.29) is 18.5 Å². The first-order valence-electron chi connectivity index (χ1n) is 38.4. The Bertz CT molecular complexity index is 1620. The molecule has 11 heteroatoms. The monoisotopic (exact) mass is 1260 g/mol. The van der Waals surface area contributed by atoms with Gasteiger partial charge >= 0.3 is 5.97 Å². The molecule has 0 spiro atoms. The van der Waals surface area contributed by atoms with Crippen molar-refractivity contribution in [2.24, 2.45) is 0 Å². The predicted octanol–water partition coefficient (Wildman–Crippen LogP) is 20.3. The third kappa shape index (κ3) is 55.8. The van der Waals surface area contributed by atoms with Crippen LogP contribution in [0, 0.1) is 0 Å². The number of carbonyl (C=O) groups is 2. The molecule has 1 fully saturated rings. The number of aliphatic hydroxyl groups excluding tert-OH is 5. The molecule has 522 valence electrons. The highest BCUT2D eigenvalue weighted by Gasteiger charge is 2.44. The van der Waals surface area contributed by atoms with Crippen LogP contribution >= 0.6 is 0 Å². The molecule has 7 unspecified atom stereocenters. The van der Waals surface area contributed by atoms with Crippen LogP contribution in [0.4, 0.5) is 0 Å². The second-order valence-corrected chi connectivity index (χ2v) is 26.7. The zero-order valence-electron chi connectivity index (χ0n) is 58.2. The zero-order valence-corrected chi connectivity index (χ0v) is 58.2. The number of unbranched alkanes of at least 4 members (excludes halogenated alkanes) is 48. The van der Waals surface area contributed by atoms with E-state index in [1.807, 2.05) is 6.08 Å². The lowest BCUT2D eigenvalue weighted by Crippen LogP contribution is -2.60. The van der Waals surface area contributed by atoms with E-state index in [0.717, 1.165) is 64.2 Å². The molecule has 7 atom stereocenters. The zero-order chi connectivity index (χ0) is 64.4. The highest BCUT2D eigenvalue weighted by Crippen LogP contribution is 2.24. The van der Waals surface area contributed by atoms with Crippen molar-refractivity contribution >= 4 is 11.9 Å². The lowest BCUT2D eigenvalue weighted by Gasteiger charge is -2.40. The van der Waals surface area contributed by atoms with E-state index in [1.165, 1.54) is 283 Å². The summed E-state index contributed by atoms with van der Waals surface area (Å²) in [5.74, 6) is -0.175. The lowest BCUT2D eigenvalue weighted by molar-refractivity contribution is -0.302. The fourth-order valence-electron chi connectivity index (χ4n) is 12.1. The summed E-state index contributed by atoms with van der Waals surface area (Å²) in [5, 5.41) is 54.6. The van der Waals surface area contributed by atoms with Gasteiger partial charge in [0.05, 0.1) is 32.0 Å². The van der Waals surface area contributed by atoms with Crippen molar-refractivity contribution in [3.8, 4) is 0 Å². The molecule has 0 bridgehead atoms. The Morgan fingerprint density at radius 2 is 0.764 bits per heavy atom. The molecule has 89 heavy (non-hydrogen) atoms. The van der Waals surface area contributed by atoms with Gasteiger partial charge in [0.15, 0.2) is 6.29 Å². The van der Waals surface area contributed by atoms with Crippen LogP contribution in [0.1, 0.15) is 373 Å². The second kappa shape index (κ2) is 67.1. The van der Waals surface area contributed by atoms with Crippen molar-refractivity contribution in [3.05, 3.63) is 48.6 Å². The maximum absolute atomic E-state index is 13.1. The van der Waals surface area contributed by atoms with Gasteiger partial charge in [0.1, 0.15) is 24.4 Å². The van der Waals surface area contributed by atoms with E-state index in [9.17, 15) is 35.1 Å². The standard InChI is InChI=1S/C78H145NO10/c1-3-5-7-9-11-13-15-41-45-48-52-56-60-64-71(81)70(69-88-78-77(86)76(85)75(84)72(68-80)89-78)79-73(82)65-61-57-53-49-46-42-39-37-35-33-31-29-27-25-23-21-19-17-16-18-20-22-24-26-28-30-32-34-36-38-40-43-47-51-55-59-63-67-87-74(83)66-62-58-54-50-44-14-12-10-8-6-4-2/h10,12,16,18,22,24,60,64,70-72,75-78,80-81,84-86H,3-9,11,13-15,17,19-21,23,25-59,61-63,65-69H2,1-2H3,(H,79,82)/b12-10-,18-16-,24-22-,64-60+. The molecule has 0 aromatic rings. The third-order valence-electron chi connectivity index (χ3n) is 18.2. The van der Waals surface area contributed by atoms with Gasteiger partial charge in [0.25, 0.3) is 0 Å². The average molecular weight is 1260 g/mol. The van der Waals surface area contributed by atoms with Gasteiger partial charge in [0, 0.05) is 12.8 Å². The second-order valence-electron chi connectivity index (χ2n) is 26.7. The minimum absolute atomic E-state index is 0.00157. The van der Waals surface area contributed by atoms with Crippen molar-refractivity contribution < 1.29 is 49.3 Å². The van der Waals surface area contributed by atoms with Crippen molar-refractivity contribution in [3.63, 3.8) is 0 Å². The predicted molar refractivity (Wildman–Crippen MR) is 375 cm³/mol. The topological polar surface area (TPSA) is 175 Å². The summed E-state index contributed by atoms with van der Waals surface area (Å²) in [7, 11) is 0. The smallest absolute Gasteiger partial charge is 0.305 e. The van der Waals surface area contributed by atoms with Crippen molar-refractivity contribution in [2.45, 2.75) is 416 Å². The van der Waals surface area contributed by atoms with Gasteiger partial charge in [-0.2, -0.15) is 0 Å². The summed E-state index contributed by atoms with van der Waals surface area (Å²) in [5.41, 5.74) is 0. The molecule has 1 amide bonds. The normalized spacial score (nSPS) is 17.9. The molecule has 0 radical (unpaired) electrons. The molecule has 11 nitrogen and oxygen atoms in total. The van der Waals surface area contributed by atoms with Crippen LogP contribution in [-0.2, 0) is 23.8 Å². The van der Waals surface area contributed by atoms with Crippen molar-refractivity contribution in [2.75, 3.05) is 19.8 Å². The molecule has 1 saturated heterocycles. The number of nitrogens with one attached hydrogen (secondary N) is 1. The van der Waals surface area contributed by atoms with Crippen LogP contribution in [0.5, 0.6) is 0 Å². The Kier molecular flexibility index (Phi) is 63.8. The summed E-state index contributed by atoms with van der Waals surface area (Å²) in [6.45, 7) is 4.34. The van der Waals surface area contributed by atoms with Gasteiger partial charge in [-0.15, -0.1) is 0 Å². The van der Waals surface area contributed by atoms with Gasteiger partial charge in [-0.1, -0.05) is 326 Å². The molecule has 0 saturated carbocycles. The van der Waals surface area contributed by atoms with Crippen LogP contribution < -0.4 is 5.32 Å². The first-order chi connectivity index (χ1) is 43.7. The first-order valence-corrected chi connectivity index (χ1v) is 38.4. The minimum Gasteiger partial charge on any atom is -0.466 e. The van der Waals surface area contributed by atoms with Crippen LogP contribution in [-0.4, -0.2) is 100 Å². The molecule has 0 aromatic carbocycles. The quantitative estimate of drug-likeness (QED) is 0.0195. The minimum atomic E-state index is -1.57. The van der Waals surface area contributed by atoms with Gasteiger partial charge in [-0.3, -0.25) is 9.59 Å². The molecular formula is C78H145NO10. The molecule has 1 aliphatic rings. The Hall–Kier alpha value is -2.38. The molecule has 1 rings (SSSR count). The summed E-state index contributed by atoms with van der Waals surface area (Å²) in [4.78, 5) is 25.1. The Morgan fingerprint density at radius 3 is 1.18 bits per heavy atom. The Labute approximate surface area is 548 Å². The number of esters is 1. The summed E-state index contributed by atoms with van der Waals surface area (Å²) in [6.07, 6.45) is 78.4. The maximum Gasteiger partial charge on any atom is 0.305 e. The van der Waals surface area contributed by atoms with E-state index >= 15 is 0 Å². The average Bonchev–Trinajstić information content (AvgIpc) is 2.10. The van der Waals surface area contributed by atoms with Gasteiger partial charge in [-0.05, 0) is 83.5 Å². The lowest BCUT2D eigenvalue weighted by atomic mass is 9.99. The highest BCUT2D eigenvalue weighted by atomic mass is 16.7. The number of amides is 1. The number of allylic oxidation sites excluding steroid dienone is 7. The molecule has 0 aromatic heterocycles. The van der Waals surface area contributed by atoms with Crippen LogP contribution in [0.25, 0.3) is 0 Å². The fourth-order valence-corrected chi connectivity index (χ4v) is 12.1. The van der Waals surface area contributed by atoms with Gasteiger partial charge < -0.3 is 45.1 Å². The Morgan fingerprint density at radius 1 is 0.416 bits per heavy atom. The number of hydrogen-bond acceptors (Lipinski definition) is 10. The molecule has 1 heterocycles. The summed E-state index contributed by atoms with van der Waals surface area (Å²) in [6, 6.07) is -0.808.